The number of carbonyl (C=O) groups is 1. The van der Waals surface area contributed by atoms with Gasteiger partial charge in [-0.05, 0) is 85.3 Å². The van der Waals surface area contributed by atoms with Gasteiger partial charge in [-0.15, -0.1) is 0 Å². The van der Waals surface area contributed by atoms with Crippen LogP contribution in [0.4, 0.5) is 4.39 Å². The van der Waals surface area contributed by atoms with E-state index >= 15 is 0 Å². The van der Waals surface area contributed by atoms with Gasteiger partial charge in [-0.1, -0.05) is 37.0 Å². The van der Waals surface area contributed by atoms with Crippen molar-refractivity contribution >= 4 is 5.78 Å². The molecule has 0 saturated heterocycles. The Morgan fingerprint density at radius 1 is 1.14 bits per heavy atom. The lowest BCUT2D eigenvalue weighted by Crippen LogP contribution is -2.42. The van der Waals surface area contributed by atoms with Gasteiger partial charge >= 0.3 is 0 Å². The number of rotatable bonds is 0. The van der Waals surface area contributed by atoms with Gasteiger partial charge in [0.05, 0.1) is 5.56 Å². The maximum Gasteiger partial charge on any atom is 0.173 e. The maximum absolute atomic E-state index is 14.3. The van der Waals surface area contributed by atoms with Crippen LogP contribution in [0, 0.1) is 29.1 Å². The quantitative estimate of drug-likeness (QED) is 0.633. The molecule has 2 fully saturated rings. The molecule has 148 valence electrons. The fourth-order valence-electron chi connectivity index (χ4n) is 6.12. The first-order chi connectivity index (χ1) is 14.0. The van der Waals surface area contributed by atoms with Crippen LogP contribution in [0.3, 0.4) is 0 Å². The van der Waals surface area contributed by atoms with Crippen molar-refractivity contribution in [2.75, 3.05) is 0 Å². The maximum atomic E-state index is 14.3. The minimum atomic E-state index is -1.29. The number of ketones is 1. The van der Waals surface area contributed by atoms with Crippen LogP contribution in [-0.2, 0) is 11.2 Å². The smallest absolute Gasteiger partial charge is 0.173 e. The Morgan fingerprint density at radius 2 is 1.93 bits per heavy atom. The van der Waals surface area contributed by atoms with Crippen molar-refractivity contribution in [2.24, 2.45) is 17.3 Å². The fraction of sp³-hybridized carbons (Fsp3) is 0.423. The number of carbonyl (C=O) groups excluding carboxylic acids is 1. The molecule has 2 aromatic rings. The molecule has 5 atom stereocenters. The summed E-state index contributed by atoms with van der Waals surface area (Å²) in [5, 5.41) is 10.5. The first-order valence-corrected chi connectivity index (χ1v) is 10.6. The summed E-state index contributed by atoms with van der Waals surface area (Å²) in [6.45, 7) is 1.99. The summed E-state index contributed by atoms with van der Waals surface area (Å²) in [6.07, 6.45) is 2.57. The van der Waals surface area contributed by atoms with Crippen LogP contribution in [0.5, 0.6) is 5.75 Å². The number of hydrogen-bond donors (Lipinski definition) is 1. The molecule has 2 saturated carbocycles. The van der Waals surface area contributed by atoms with Crippen LogP contribution >= 0.6 is 0 Å². The Labute approximate surface area is 171 Å². The normalized spacial score (nSPS) is 32.6. The summed E-state index contributed by atoms with van der Waals surface area (Å²) >= 11 is 0. The number of hydrogen-bond acceptors (Lipinski definition) is 2. The highest BCUT2D eigenvalue weighted by molar-refractivity contribution is 5.91. The van der Waals surface area contributed by atoms with Gasteiger partial charge in [-0.3, -0.25) is 4.79 Å². The third-order valence-electron chi connectivity index (χ3n) is 7.65. The van der Waals surface area contributed by atoms with Crippen molar-refractivity contribution in [3.8, 4) is 17.6 Å². The number of benzene rings is 2. The topological polar surface area (TPSA) is 37.3 Å². The minimum absolute atomic E-state index is 0.129. The van der Waals surface area contributed by atoms with E-state index in [-0.39, 0.29) is 17.5 Å². The predicted octanol–water partition coefficient (Wildman–Crippen LogP) is 5.17. The van der Waals surface area contributed by atoms with Crippen LogP contribution in [0.1, 0.15) is 60.8 Å². The van der Waals surface area contributed by atoms with E-state index in [0.29, 0.717) is 23.8 Å². The number of phenolic OH excluding ortho intramolecular Hbond substituents is 1. The number of fused-ring (bicyclic) bond motifs is 5. The van der Waals surface area contributed by atoms with Crippen molar-refractivity contribution in [1.29, 1.82) is 0 Å². The lowest BCUT2D eigenvalue weighted by molar-refractivity contribution is -0.132. The van der Waals surface area contributed by atoms with Gasteiger partial charge in [0.2, 0.25) is 0 Å². The first kappa shape index (κ1) is 18.4. The molecular weight excluding hydrogens is 363 g/mol. The van der Waals surface area contributed by atoms with E-state index in [9.17, 15) is 14.3 Å². The largest absolute Gasteiger partial charge is 0.507 e. The van der Waals surface area contributed by atoms with Gasteiger partial charge in [0, 0.05) is 11.0 Å². The second-order valence-electron chi connectivity index (χ2n) is 9.12. The molecule has 0 bridgehead atoms. The zero-order valence-electron chi connectivity index (χ0n) is 16.6. The molecule has 0 amide bonds. The van der Waals surface area contributed by atoms with Gasteiger partial charge in [-0.25, -0.2) is 4.39 Å². The third kappa shape index (κ3) is 2.89. The summed E-state index contributed by atoms with van der Waals surface area (Å²) < 4.78 is 14.3. The van der Waals surface area contributed by atoms with Crippen LogP contribution in [-0.4, -0.2) is 17.1 Å². The van der Waals surface area contributed by atoms with Gasteiger partial charge in [0.1, 0.15) is 5.75 Å². The fourth-order valence-corrected chi connectivity index (χ4v) is 6.12. The average molecular weight is 388 g/mol. The molecule has 0 spiro atoms. The summed E-state index contributed by atoms with van der Waals surface area (Å²) in [7, 11) is 0. The number of aromatic hydroxyl groups is 1. The highest BCUT2D eigenvalue weighted by atomic mass is 19.1. The molecule has 0 aliphatic heterocycles. The Morgan fingerprint density at radius 3 is 2.72 bits per heavy atom. The monoisotopic (exact) mass is 388 g/mol. The van der Waals surface area contributed by atoms with E-state index in [4.69, 9.17) is 0 Å². The van der Waals surface area contributed by atoms with Crippen molar-refractivity contribution in [2.45, 2.75) is 51.1 Å². The van der Waals surface area contributed by atoms with Gasteiger partial charge < -0.3 is 5.11 Å². The van der Waals surface area contributed by atoms with Crippen molar-refractivity contribution in [1.82, 2.24) is 0 Å². The number of phenols is 1. The molecule has 0 radical (unpaired) electrons. The lowest BCUT2D eigenvalue weighted by atomic mass is 9.55. The summed E-state index contributed by atoms with van der Waals surface area (Å²) in [4.78, 5) is 12.5. The Kier molecular flexibility index (Phi) is 4.28. The molecule has 0 unspecified atom stereocenters. The third-order valence-corrected chi connectivity index (χ3v) is 7.65. The standard InChI is InChI=1S/C26H25FO2/c1-26-12-11-19-20(22(26)15-23(27)25(26)29)10-9-17-14-24(28)18(13-21(17)19)8-7-16-5-3-2-4-6-16/h2-6,13-14,19-20,22-23,28H,9-12,15H2,1H3/t19-,20+,22-,23+,26-/m0/s1. The van der Waals surface area contributed by atoms with Crippen LogP contribution < -0.4 is 0 Å². The summed E-state index contributed by atoms with van der Waals surface area (Å²) in [6, 6.07) is 13.7. The lowest BCUT2D eigenvalue weighted by Gasteiger charge is -2.48. The van der Waals surface area contributed by atoms with Gasteiger partial charge in [0.15, 0.2) is 12.0 Å². The van der Waals surface area contributed by atoms with Gasteiger partial charge in [-0.2, -0.15) is 0 Å². The van der Waals surface area contributed by atoms with E-state index in [0.717, 1.165) is 31.2 Å². The Bertz CT molecular complexity index is 1030. The molecule has 3 heteroatoms. The Hall–Kier alpha value is -2.60. The zero-order chi connectivity index (χ0) is 20.2. The molecule has 1 N–H and O–H groups in total. The second-order valence-corrected chi connectivity index (χ2v) is 9.12. The number of Topliss-reactive ketones (excluding diaryl/α,β-unsaturated/α-hetero) is 1. The Balaban J connectivity index is 1.50. The second kappa shape index (κ2) is 6.73. The van der Waals surface area contributed by atoms with Crippen molar-refractivity contribution in [3.05, 3.63) is 64.7 Å². The van der Waals surface area contributed by atoms with Crippen LogP contribution in [0.15, 0.2) is 42.5 Å². The average Bonchev–Trinajstić information content (AvgIpc) is 2.96. The van der Waals surface area contributed by atoms with E-state index in [1.54, 1.807) is 0 Å². The SMILES string of the molecule is C[C@]12CC[C@@H]3c4cc(C#Cc5ccccc5)c(O)cc4CC[C@H]3[C@@H]1C[C@@H](F)C2=O. The van der Waals surface area contributed by atoms with Crippen molar-refractivity contribution < 1.29 is 14.3 Å². The molecule has 0 heterocycles. The van der Waals surface area contributed by atoms with E-state index < -0.39 is 11.6 Å². The molecule has 2 aromatic carbocycles. The predicted molar refractivity (Wildman–Crippen MR) is 110 cm³/mol. The molecule has 0 aromatic heterocycles. The first-order valence-electron chi connectivity index (χ1n) is 10.6. The molecule has 29 heavy (non-hydrogen) atoms. The molecule has 2 nitrogen and oxygen atoms in total. The van der Waals surface area contributed by atoms with Crippen LogP contribution in [0.25, 0.3) is 0 Å². The van der Waals surface area contributed by atoms with E-state index in [1.807, 2.05) is 49.4 Å². The number of alkyl halides is 1. The molecule has 5 rings (SSSR count). The number of aryl methyl sites for hydroxylation is 1. The van der Waals surface area contributed by atoms with Gasteiger partial charge in [0.25, 0.3) is 0 Å². The van der Waals surface area contributed by atoms with E-state index in [2.05, 4.69) is 11.8 Å². The van der Waals surface area contributed by atoms with E-state index in [1.165, 1.54) is 11.1 Å². The number of halogens is 1. The highest BCUT2D eigenvalue weighted by Crippen LogP contribution is 2.60. The molecule has 3 aliphatic rings. The minimum Gasteiger partial charge on any atom is -0.507 e. The zero-order valence-corrected chi connectivity index (χ0v) is 16.6. The van der Waals surface area contributed by atoms with Crippen molar-refractivity contribution in [3.63, 3.8) is 0 Å². The molecular formula is C26H25FO2. The van der Waals surface area contributed by atoms with Crippen LogP contribution in [0.2, 0.25) is 0 Å². The highest BCUT2D eigenvalue weighted by Gasteiger charge is 2.58. The molecule has 3 aliphatic carbocycles. The summed E-state index contributed by atoms with van der Waals surface area (Å²) in [5.74, 6) is 7.11. The summed E-state index contributed by atoms with van der Waals surface area (Å²) in [5.41, 5.74) is 3.49.